The fourth-order valence-electron chi connectivity index (χ4n) is 1.96. The van der Waals surface area contributed by atoms with E-state index in [-0.39, 0.29) is 0 Å². The van der Waals surface area contributed by atoms with Gasteiger partial charge >= 0.3 is 0 Å². The highest BCUT2D eigenvalue weighted by molar-refractivity contribution is 5.05. The lowest BCUT2D eigenvalue weighted by molar-refractivity contribution is 0.355. The minimum atomic E-state index is 0.841. The zero-order chi connectivity index (χ0) is 14.5. The van der Waals surface area contributed by atoms with Crippen LogP contribution in [0.1, 0.15) is 59.8 Å². The van der Waals surface area contributed by atoms with Crippen LogP contribution in [0.5, 0.6) is 0 Å². The molecular weight excluding hydrogens is 228 g/mol. The van der Waals surface area contributed by atoms with Gasteiger partial charge in [0.15, 0.2) is 0 Å². The van der Waals surface area contributed by atoms with Crippen molar-refractivity contribution in [2.24, 2.45) is 11.8 Å². The highest BCUT2D eigenvalue weighted by atomic mass is 14.1. The van der Waals surface area contributed by atoms with E-state index in [0.717, 1.165) is 24.7 Å². The molecule has 0 aromatic carbocycles. The van der Waals surface area contributed by atoms with Gasteiger partial charge in [-0.1, -0.05) is 75.8 Å². The molecule has 2 atom stereocenters. The average molecular weight is 260 g/mol. The molecule has 0 aliphatic carbocycles. The van der Waals surface area contributed by atoms with Gasteiger partial charge in [0.1, 0.15) is 0 Å². The molecule has 0 nitrogen and oxygen atoms in total. The van der Waals surface area contributed by atoms with E-state index in [4.69, 9.17) is 0 Å². The van der Waals surface area contributed by atoms with E-state index in [2.05, 4.69) is 58.6 Å². The van der Waals surface area contributed by atoms with Crippen LogP contribution in [-0.2, 0) is 0 Å². The quantitative estimate of drug-likeness (QED) is 0.312. The van der Waals surface area contributed by atoms with E-state index >= 15 is 0 Å². The molecule has 0 saturated carbocycles. The molecule has 0 spiro atoms. The first-order valence-electron chi connectivity index (χ1n) is 7.70. The van der Waals surface area contributed by atoms with Crippen molar-refractivity contribution in [2.45, 2.75) is 59.8 Å². The molecule has 0 aliphatic rings. The van der Waals surface area contributed by atoms with Gasteiger partial charge in [-0.15, -0.1) is 0 Å². The van der Waals surface area contributed by atoms with Crippen molar-refractivity contribution in [3.63, 3.8) is 0 Å². The summed E-state index contributed by atoms with van der Waals surface area (Å²) in [5, 5.41) is 0. The van der Waals surface area contributed by atoms with Crippen LogP contribution in [-0.4, -0.2) is 0 Å². The van der Waals surface area contributed by atoms with Crippen LogP contribution in [0.4, 0.5) is 0 Å². The second kappa shape index (κ2) is 12.0. The van der Waals surface area contributed by atoms with Crippen LogP contribution < -0.4 is 0 Å². The van der Waals surface area contributed by atoms with Crippen molar-refractivity contribution in [2.75, 3.05) is 0 Å². The van der Waals surface area contributed by atoms with Crippen molar-refractivity contribution < 1.29 is 0 Å². The van der Waals surface area contributed by atoms with Gasteiger partial charge in [-0.2, -0.15) is 0 Å². The van der Waals surface area contributed by atoms with Crippen LogP contribution in [0.25, 0.3) is 0 Å². The van der Waals surface area contributed by atoms with Crippen molar-refractivity contribution in [1.82, 2.24) is 0 Å². The standard InChI is InChI=1S/C19H32/c1-6-8-9-10-11-12-13-14-17(3)15-16-19(5)18(4)7-2/h6,8-9,11-12,14,18-19H,1,7,10,13,15-16H2,2-5H3. The summed E-state index contributed by atoms with van der Waals surface area (Å²) in [6.45, 7) is 12.9. The van der Waals surface area contributed by atoms with Gasteiger partial charge < -0.3 is 0 Å². The molecule has 0 rings (SSSR count). The lowest BCUT2D eigenvalue weighted by Gasteiger charge is -2.18. The third-order valence-electron chi connectivity index (χ3n) is 3.92. The van der Waals surface area contributed by atoms with E-state index in [1.165, 1.54) is 24.8 Å². The Morgan fingerprint density at radius 1 is 1.05 bits per heavy atom. The van der Waals surface area contributed by atoms with Crippen molar-refractivity contribution in [3.8, 4) is 0 Å². The van der Waals surface area contributed by atoms with E-state index in [1.54, 1.807) is 0 Å². The van der Waals surface area contributed by atoms with Gasteiger partial charge in [0.05, 0.1) is 0 Å². The fourth-order valence-corrected chi connectivity index (χ4v) is 1.96. The predicted octanol–water partition coefficient (Wildman–Crippen LogP) is 6.47. The molecular formula is C19H32. The van der Waals surface area contributed by atoms with Crippen LogP contribution in [0.15, 0.2) is 48.6 Å². The summed E-state index contributed by atoms with van der Waals surface area (Å²) in [6, 6.07) is 0. The summed E-state index contributed by atoms with van der Waals surface area (Å²) in [5.74, 6) is 1.69. The Kier molecular flexibility index (Phi) is 11.4. The first-order valence-corrected chi connectivity index (χ1v) is 7.70. The van der Waals surface area contributed by atoms with Crippen molar-refractivity contribution in [1.29, 1.82) is 0 Å². The molecule has 0 aromatic rings. The second-order valence-corrected chi connectivity index (χ2v) is 5.56. The molecule has 0 N–H and O–H groups in total. The first kappa shape index (κ1) is 18.0. The van der Waals surface area contributed by atoms with E-state index in [1.807, 2.05) is 12.2 Å². The molecule has 0 amide bonds. The molecule has 0 heterocycles. The lowest BCUT2D eigenvalue weighted by Crippen LogP contribution is -2.06. The number of allylic oxidation sites excluding steroid dienone is 7. The Labute approximate surface area is 121 Å². The maximum absolute atomic E-state index is 3.65. The van der Waals surface area contributed by atoms with Gasteiger partial charge in [0.2, 0.25) is 0 Å². The topological polar surface area (TPSA) is 0 Å². The number of hydrogen-bond donors (Lipinski definition) is 0. The minimum absolute atomic E-state index is 0.841. The molecule has 19 heavy (non-hydrogen) atoms. The summed E-state index contributed by atoms with van der Waals surface area (Å²) in [5.41, 5.74) is 1.53. The number of hydrogen-bond acceptors (Lipinski definition) is 0. The monoisotopic (exact) mass is 260 g/mol. The third kappa shape index (κ3) is 10.6. The summed E-state index contributed by atoms with van der Waals surface area (Å²) >= 11 is 0. The predicted molar refractivity (Wildman–Crippen MR) is 89.3 cm³/mol. The summed E-state index contributed by atoms with van der Waals surface area (Å²) in [7, 11) is 0. The normalized spacial score (nSPS) is 16.1. The number of rotatable bonds is 10. The highest BCUT2D eigenvalue weighted by Gasteiger charge is 2.09. The smallest absolute Gasteiger partial charge is 0.0166 e. The molecule has 0 aliphatic heterocycles. The molecule has 2 unspecified atom stereocenters. The maximum atomic E-state index is 3.65. The zero-order valence-corrected chi connectivity index (χ0v) is 13.4. The van der Waals surface area contributed by atoms with Crippen LogP contribution in [0.3, 0.4) is 0 Å². The Balaban J connectivity index is 3.82. The van der Waals surface area contributed by atoms with Gasteiger partial charge in [0.25, 0.3) is 0 Å². The molecule has 0 bridgehead atoms. The second-order valence-electron chi connectivity index (χ2n) is 5.56. The molecule has 0 heteroatoms. The van der Waals surface area contributed by atoms with Crippen LogP contribution >= 0.6 is 0 Å². The van der Waals surface area contributed by atoms with E-state index in [9.17, 15) is 0 Å². The average Bonchev–Trinajstić information content (AvgIpc) is 2.42. The lowest BCUT2D eigenvalue weighted by atomic mass is 9.88. The minimum Gasteiger partial charge on any atom is -0.0991 e. The molecule has 0 aromatic heterocycles. The third-order valence-corrected chi connectivity index (χ3v) is 3.92. The van der Waals surface area contributed by atoms with Crippen LogP contribution in [0, 0.1) is 11.8 Å². The Hall–Kier alpha value is -1.04. The van der Waals surface area contributed by atoms with Crippen molar-refractivity contribution >= 4 is 0 Å². The zero-order valence-electron chi connectivity index (χ0n) is 13.4. The Morgan fingerprint density at radius 2 is 1.74 bits per heavy atom. The van der Waals surface area contributed by atoms with Gasteiger partial charge in [-0.25, -0.2) is 0 Å². The SMILES string of the molecule is C=CC=CCC=CCC=C(C)CCC(C)C(C)CC. The molecule has 108 valence electrons. The largest absolute Gasteiger partial charge is 0.0991 e. The summed E-state index contributed by atoms with van der Waals surface area (Å²) in [6.07, 6.45) is 18.7. The Bertz CT molecular complexity index is 304. The van der Waals surface area contributed by atoms with Gasteiger partial charge in [-0.05, 0) is 44.4 Å². The van der Waals surface area contributed by atoms with Gasteiger partial charge in [-0.3, -0.25) is 0 Å². The highest BCUT2D eigenvalue weighted by Crippen LogP contribution is 2.21. The maximum Gasteiger partial charge on any atom is -0.0166 e. The van der Waals surface area contributed by atoms with E-state index in [0.29, 0.717) is 0 Å². The first-order chi connectivity index (χ1) is 9.11. The van der Waals surface area contributed by atoms with E-state index < -0.39 is 0 Å². The summed E-state index contributed by atoms with van der Waals surface area (Å²) < 4.78 is 0. The van der Waals surface area contributed by atoms with Crippen molar-refractivity contribution in [3.05, 3.63) is 48.6 Å². The molecule has 0 radical (unpaired) electrons. The molecule has 0 fully saturated rings. The Morgan fingerprint density at radius 3 is 2.37 bits per heavy atom. The van der Waals surface area contributed by atoms with Crippen LogP contribution in [0.2, 0.25) is 0 Å². The summed E-state index contributed by atoms with van der Waals surface area (Å²) in [4.78, 5) is 0. The molecule has 0 saturated heterocycles. The van der Waals surface area contributed by atoms with Gasteiger partial charge in [0, 0.05) is 0 Å². The fraction of sp³-hybridized carbons (Fsp3) is 0.579.